The SMILES string of the molecule is COc1cc(N2CC(C)CC(C(=O)O)C2)ncn1. The van der Waals surface area contributed by atoms with Gasteiger partial charge in [0, 0.05) is 19.2 Å². The van der Waals surface area contributed by atoms with Crippen molar-refractivity contribution in [2.24, 2.45) is 11.8 Å². The molecule has 0 bridgehead atoms. The van der Waals surface area contributed by atoms with E-state index in [1.807, 2.05) is 4.90 Å². The minimum atomic E-state index is -0.743. The third-order valence-electron chi connectivity index (χ3n) is 3.17. The third-order valence-corrected chi connectivity index (χ3v) is 3.17. The van der Waals surface area contributed by atoms with E-state index in [1.54, 1.807) is 13.2 Å². The van der Waals surface area contributed by atoms with E-state index < -0.39 is 5.97 Å². The van der Waals surface area contributed by atoms with E-state index >= 15 is 0 Å². The highest BCUT2D eigenvalue weighted by molar-refractivity contribution is 5.71. The number of carboxylic acid groups (broad SMARTS) is 1. The van der Waals surface area contributed by atoms with Gasteiger partial charge in [-0.1, -0.05) is 6.92 Å². The van der Waals surface area contributed by atoms with Gasteiger partial charge in [-0.05, 0) is 12.3 Å². The van der Waals surface area contributed by atoms with Gasteiger partial charge in [0.05, 0.1) is 13.0 Å². The van der Waals surface area contributed by atoms with Gasteiger partial charge in [-0.3, -0.25) is 4.79 Å². The Morgan fingerprint density at radius 2 is 2.28 bits per heavy atom. The van der Waals surface area contributed by atoms with Crippen molar-refractivity contribution < 1.29 is 14.6 Å². The fourth-order valence-electron chi connectivity index (χ4n) is 2.33. The minimum absolute atomic E-state index is 0.334. The molecule has 18 heavy (non-hydrogen) atoms. The number of aromatic nitrogens is 2. The van der Waals surface area contributed by atoms with Gasteiger partial charge in [-0.15, -0.1) is 0 Å². The number of hydrogen-bond acceptors (Lipinski definition) is 5. The maximum absolute atomic E-state index is 11.1. The van der Waals surface area contributed by atoms with Gasteiger partial charge in [0.2, 0.25) is 5.88 Å². The molecule has 6 nitrogen and oxygen atoms in total. The monoisotopic (exact) mass is 251 g/mol. The van der Waals surface area contributed by atoms with E-state index in [2.05, 4.69) is 16.9 Å². The normalized spacial score (nSPS) is 23.8. The van der Waals surface area contributed by atoms with Crippen molar-refractivity contribution >= 4 is 11.8 Å². The predicted molar refractivity (Wildman–Crippen MR) is 65.7 cm³/mol. The molecule has 2 atom stereocenters. The molecule has 1 fully saturated rings. The van der Waals surface area contributed by atoms with Gasteiger partial charge >= 0.3 is 5.97 Å². The molecule has 1 N–H and O–H groups in total. The van der Waals surface area contributed by atoms with Crippen LogP contribution in [-0.4, -0.2) is 41.2 Å². The van der Waals surface area contributed by atoms with Crippen LogP contribution in [0.1, 0.15) is 13.3 Å². The molecule has 2 heterocycles. The summed E-state index contributed by atoms with van der Waals surface area (Å²) in [6.45, 7) is 3.35. The van der Waals surface area contributed by atoms with Crippen molar-refractivity contribution in [3.8, 4) is 5.88 Å². The zero-order chi connectivity index (χ0) is 13.1. The molecule has 1 saturated heterocycles. The fourth-order valence-corrected chi connectivity index (χ4v) is 2.33. The molecule has 0 radical (unpaired) electrons. The van der Waals surface area contributed by atoms with Crippen LogP contribution in [0.4, 0.5) is 5.82 Å². The van der Waals surface area contributed by atoms with Gasteiger partial charge in [0.25, 0.3) is 0 Å². The van der Waals surface area contributed by atoms with Crippen molar-refractivity contribution in [3.05, 3.63) is 12.4 Å². The topological polar surface area (TPSA) is 75.5 Å². The Hall–Kier alpha value is -1.85. The quantitative estimate of drug-likeness (QED) is 0.864. The Labute approximate surface area is 106 Å². The Kier molecular flexibility index (Phi) is 3.64. The van der Waals surface area contributed by atoms with Gasteiger partial charge in [-0.25, -0.2) is 9.97 Å². The highest BCUT2D eigenvalue weighted by Gasteiger charge is 2.30. The van der Waals surface area contributed by atoms with E-state index in [4.69, 9.17) is 9.84 Å². The fraction of sp³-hybridized carbons (Fsp3) is 0.583. The summed E-state index contributed by atoms with van der Waals surface area (Å²) >= 11 is 0. The number of rotatable bonds is 3. The molecule has 1 aliphatic rings. The highest BCUT2D eigenvalue weighted by atomic mass is 16.5. The first-order valence-corrected chi connectivity index (χ1v) is 5.94. The number of aliphatic carboxylic acids is 1. The molecule has 98 valence electrons. The van der Waals surface area contributed by atoms with E-state index in [9.17, 15) is 4.79 Å². The maximum Gasteiger partial charge on any atom is 0.308 e. The zero-order valence-corrected chi connectivity index (χ0v) is 10.5. The van der Waals surface area contributed by atoms with Gasteiger partial charge < -0.3 is 14.7 Å². The Morgan fingerprint density at radius 1 is 1.50 bits per heavy atom. The standard InChI is InChI=1S/C12H17N3O3/c1-8-3-9(12(16)17)6-15(5-8)10-4-11(18-2)14-7-13-10/h4,7-9H,3,5-6H2,1-2H3,(H,16,17). The van der Waals surface area contributed by atoms with Crippen molar-refractivity contribution in [2.75, 3.05) is 25.1 Å². The first kappa shape index (κ1) is 12.6. The Balaban J connectivity index is 2.18. The predicted octanol–water partition coefficient (Wildman–Crippen LogP) is 1.03. The second-order valence-corrected chi connectivity index (χ2v) is 4.70. The van der Waals surface area contributed by atoms with Crippen LogP contribution in [0.5, 0.6) is 5.88 Å². The highest BCUT2D eigenvalue weighted by Crippen LogP contribution is 2.26. The summed E-state index contributed by atoms with van der Waals surface area (Å²) in [5.41, 5.74) is 0. The largest absolute Gasteiger partial charge is 0.481 e. The molecule has 0 amide bonds. The minimum Gasteiger partial charge on any atom is -0.481 e. The van der Waals surface area contributed by atoms with Gasteiger partial charge in [0.1, 0.15) is 12.1 Å². The first-order valence-electron chi connectivity index (χ1n) is 5.94. The van der Waals surface area contributed by atoms with E-state index in [0.717, 1.165) is 12.4 Å². The Bertz CT molecular complexity index is 438. The maximum atomic E-state index is 11.1. The summed E-state index contributed by atoms with van der Waals surface area (Å²) < 4.78 is 5.05. The van der Waals surface area contributed by atoms with E-state index in [0.29, 0.717) is 24.8 Å². The second kappa shape index (κ2) is 5.20. The molecule has 2 rings (SSSR count). The molecule has 2 unspecified atom stereocenters. The number of carboxylic acids is 1. The molecular weight excluding hydrogens is 234 g/mol. The average molecular weight is 251 g/mol. The molecule has 0 saturated carbocycles. The first-order chi connectivity index (χ1) is 8.60. The van der Waals surface area contributed by atoms with Crippen LogP contribution >= 0.6 is 0 Å². The van der Waals surface area contributed by atoms with Crippen molar-refractivity contribution in [2.45, 2.75) is 13.3 Å². The summed E-state index contributed by atoms with van der Waals surface area (Å²) in [5.74, 6) is 0.466. The lowest BCUT2D eigenvalue weighted by Crippen LogP contribution is -2.42. The summed E-state index contributed by atoms with van der Waals surface area (Å²) in [6, 6.07) is 1.73. The van der Waals surface area contributed by atoms with Crippen LogP contribution in [0, 0.1) is 11.8 Å². The number of methoxy groups -OCH3 is 1. The third kappa shape index (κ3) is 2.69. The molecule has 1 aliphatic heterocycles. The Morgan fingerprint density at radius 3 is 2.94 bits per heavy atom. The zero-order valence-electron chi connectivity index (χ0n) is 10.5. The molecule has 1 aromatic heterocycles. The van der Waals surface area contributed by atoms with Crippen molar-refractivity contribution in [1.82, 2.24) is 9.97 Å². The lowest BCUT2D eigenvalue weighted by molar-refractivity contribution is -0.142. The van der Waals surface area contributed by atoms with Crippen molar-refractivity contribution in [1.29, 1.82) is 0 Å². The molecule has 0 spiro atoms. The van der Waals surface area contributed by atoms with E-state index in [1.165, 1.54) is 6.33 Å². The van der Waals surface area contributed by atoms with Crippen LogP contribution in [0.2, 0.25) is 0 Å². The molecule has 1 aromatic rings. The molecule has 0 aliphatic carbocycles. The summed E-state index contributed by atoms with van der Waals surface area (Å²) in [5, 5.41) is 9.14. The lowest BCUT2D eigenvalue weighted by atomic mass is 9.90. The van der Waals surface area contributed by atoms with Crippen LogP contribution in [0.3, 0.4) is 0 Å². The number of hydrogen-bond donors (Lipinski definition) is 1. The number of nitrogens with zero attached hydrogens (tertiary/aromatic N) is 3. The number of carbonyl (C=O) groups is 1. The van der Waals surface area contributed by atoms with Crippen LogP contribution in [0.25, 0.3) is 0 Å². The molecule has 6 heteroatoms. The summed E-state index contributed by atoms with van der Waals surface area (Å²) in [6.07, 6.45) is 2.15. The summed E-state index contributed by atoms with van der Waals surface area (Å²) in [7, 11) is 1.55. The van der Waals surface area contributed by atoms with Gasteiger partial charge in [0.15, 0.2) is 0 Å². The molecule has 0 aromatic carbocycles. The van der Waals surface area contributed by atoms with Crippen LogP contribution in [-0.2, 0) is 4.79 Å². The smallest absolute Gasteiger partial charge is 0.308 e. The molecular formula is C12H17N3O3. The summed E-state index contributed by atoms with van der Waals surface area (Å²) in [4.78, 5) is 21.2. The van der Waals surface area contributed by atoms with Crippen molar-refractivity contribution in [3.63, 3.8) is 0 Å². The number of anilines is 1. The van der Waals surface area contributed by atoms with Crippen LogP contribution in [0.15, 0.2) is 12.4 Å². The number of ether oxygens (including phenoxy) is 1. The second-order valence-electron chi connectivity index (χ2n) is 4.70. The van der Waals surface area contributed by atoms with Crippen LogP contribution < -0.4 is 9.64 Å². The number of piperidine rings is 1. The van der Waals surface area contributed by atoms with E-state index in [-0.39, 0.29) is 5.92 Å². The lowest BCUT2D eigenvalue weighted by Gasteiger charge is -2.35. The van der Waals surface area contributed by atoms with Gasteiger partial charge in [-0.2, -0.15) is 0 Å². The average Bonchev–Trinajstić information content (AvgIpc) is 2.38.